The van der Waals surface area contributed by atoms with Gasteiger partial charge in [-0.25, -0.2) is 4.79 Å². The highest BCUT2D eigenvalue weighted by Gasteiger charge is 2.27. The number of halogens is 1. The molecule has 1 aliphatic rings. The Balaban J connectivity index is 1.81. The van der Waals surface area contributed by atoms with Gasteiger partial charge in [-0.2, -0.15) is 0 Å². The van der Waals surface area contributed by atoms with Gasteiger partial charge >= 0.3 is 6.16 Å². The van der Waals surface area contributed by atoms with Crippen molar-refractivity contribution >= 4 is 28.7 Å². The molecule has 1 fully saturated rings. The zero-order valence-electron chi connectivity index (χ0n) is 14.4. The van der Waals surface area contributed by atoms with Crippen molar-refractivity contribution in [3.63, 3.8) is 0 Å². The van der Waals surface area contributed by atoms with Crippen molar-refractivity contribution < 1.29 is 19.0 Å². The summed E-state index contributed by atoms with van der Waals surface area (Å²) in [5.41, 5.74) is 3.47. The molecule has 0 heterocycles. The van der Waals surface area contributed by atoms with Crippen molar-refractivity contribution in [1.29, 1.82) is 0 Å². The monoisotopic (exact) mass is 452 g/mol. The number of hydrogen-bond donors (Lipinski definition) is 0. The van der Waals surface area contributed by atoms with E-state index in [0.717, 1.165) is 21.3 Å². The quantitative estimate of drug-likeness (QED) is 0.332. The SMILES string of the molecule is CCc1ccc(OCc2c(I)cccc2OC(=O)OC)c(C2CC2)c1. The van der Waals surface area contributed by atoms with Crippen LogP contribution in [0.1, 0.15) is 42.4 Å². The lowest BCUT2D eigenvalue weighted by Crippen LogP contribution is -2.11. The van der Waals surface area contributed by atoms with Crippen LogP contribution < -0.4 is 9.47 Å². The van der Waals surface area contributed by atoms with Crippen molar-refractivity contribution in [2.75, 3.05) is 7.11 Å². The van der Waals surface area contributed by atoms with Crippen LogP contribution in [0, 0.1) is 3.57 Å². The van der Waals surface area contributed by atoms with Gasteiger partial charge < -0.3 is 14.2 Å². The summed E-state index contributed by atoms with van der Waals surface area (Å²) in [7, 11) is 1.30. The number of carbonyl (C=O) groups is 1. The Kier molecular flexibility index (Phi) is 5.83. The molecule has 0 N–H and O–H groups in total. The van der Waals surface area contributed by atoms with Crippen LogP contribution in [-0.4, -0.2) is 13.3 Å². The minimum absolute atomic E-state index is 0.344. The summed E-state index contributed by atoms with van der Waals surface area (Å²) in [6.45, 7) is 2.51. The van der Waals surface area contributed by atoms with Gasteiger partial charge in [0.25, 0.3) is 0 Å². The third-order valence-corrected chi connectivity index (χ3v) is 5.32. The zero-order valence-corrected chi connectivity index (χ0v) is 16.5. The van der Waals surface area contributed by atoms with E-state index in [4.69, 9.17) is 9.47 Å². The fraction of sp³-hybridized carbons (Fsp3) is 0.350. The number of carbonyl (C=O) groups excluding carboxylic acids is 1. The first-order valence-electron chi connectivity index (χ1n) is 8.41. The van der Waals surface area contributed by atoms with Crippen molar-refractivity contribution in [2.45, 2.75) is 38.7 Å². The largest absolute Gasteiger partial charge is 0.513 e. The maximum absolute atomic E-state index is 11.5. The number of methoxy groups -OCH3 is 1. The van der Waals surface area contributed by atoms with Crippen LogP contribution >= 0.6 is 22.6 Å². The summed E-state index contributed by atoms with van der Waals surface area (Å²) >= 11 is 2.22. The van der Waals surface area contributed by atoms with E-state index in [2.05, 4.69) is 52.5 Å². The van der Waals surface area contributed by atoms with Crippen LogP contribution in [0.15, 0.2) is 36.4 Å². The van der Waals surface area contributed by atoms with E-state index in [-0.39, 0.29) is 0 Å². The van der Waals surface area contributed by atoms with Crippen LogP contribution in [0.25, 0.3) is 0 Å². The number of ether oxygens (including phenoxy) is 3. The fourth-order valence-electron chi connectivity index (χ4n) is 2.72. The van der Waals surface area contributed by atoms with Gasteiger partial charge in [0.2, 0.25) is 0 Å². The summed E-state index contributed by atoms with van der Waals surface area (Å²) in [6.07, 6.45) is 2.74. The average Bonchev–Trinajstić information content (AvgIpc) is 3.46. The topological polar surface area (TPSA) is 44.8 Å². The molecule has 132 valence electrons. The Morgan fingerprint density at radius 3 is 2.68 bits per heavy atom. The molecule has 4 nitrogen and oxygen atoms in total. The van der Waals surface area contributed by atoms with Crippen molar-refractivity contribution in [3.05, 3.63) is 56.7 Å². The molecule has 0 aliphatic heterocycles. The van der Waals surface area contributed by atoms with Crippen LogP contribution in [-0.2, 0) is 17.8 Å². The maximum atomic E-state index is 11.5. The maximum Gasteiger partial charge on any atom is 0.513 e. The lowest BCUT2D eigenvalue weighted by atomic mass is 10.0. The normalized spacial score (nSPS) is 13.4. The first kappa shape index (κ1) is 18.0. The van der Waals surface area contributed by atoms with Crippen molar-refractivity contribution in [1.82, 2.24) is 0 Å². The molecule has 0 spiro atoms. The number of rotatable bonds is 6. The number of benzene rings is 2. The summed E-state index contributed by atoms with van der Waals surface area (Å²) < 4.78 is 16.9. The second kappa shape index (κ2) is 8.08. The van der Waals surface area contributed by atoms with Gasteiger partial charge in [-0.15, -0.1) is 0 Å². The smallest absolute Gasteiger partial charge is 0.488 e. The van der Waals surface area contributed by atoms with Gasteiger partial charge in [-0.05, 0) is 77.1 Å². The van der Waals surface area contributed by atoms with Crippen LogP contribution in [0.3, 0.4) is 0 Å². The molecule has 1 aliphatic carbocycles. The molecule has 3 rings (SSSR count). The van der Waals surface area contributed by atoms with E-state index in [0.29, 0.717) is 18.3 Å². The highest BCUT2D eigenvalue weighted by atomic mass is 127. The minimum Gasteiger partial charge on any atom is -0.488 e. The standard InChI is InChI=1S/C20H21IO4/c1-3-13-7-10-18(15(11-13)14-8-9-14)24-12-16-17(21)5-4-6-19(16)25-20(22)23-2/h4-7,10-11,14H,3,8-9,12H2,1-2H3. The minimum atomic E-state index is -0.728. The van der Waals surface area contributed by atoms with Gasteiger partial charge in [0.05, 0.1) is 7.11 Å². The highest BCUT2D eigenvalue weighted by Crippen LogP contribution is 2.45. The Hall–Kier alpha value is -1.76. The van der Waals surface area contributed by atoms with E-state index in [1.165, 1.54) is 31.1 Å². The molecule has 5 heteroatoms. The molecular formula is C20H21IO4. The third-order valence-electron chi connectivity index (χ3n) is 4.31. The Morgan fingerprint density at radius 1 is 1.20 bits per heavy atom. The molecule has 0 saturated heterocycles. The first-order chi connectivity index (χ1) is 12.1. The van der Waals surface area contributed by atoms with Gasteiger partial charge in [0.15, 0.2) is 0 Å². The van der Waals surface area contributed by atoms with Gasteiger partial charge in [0.1, 0.15) is 18.1 Å². The predicted octanol–water partition coefficient (Wildman–Crippen LogP) is 5.46. The zero-order chi connectivity index (χ0) is 17.8. The Bertz CT molecular complexity index is 768. The molecule has 0 amide bonds. The Morgan fingerprint density at radius 2 is 2.00 bits per heavy atom. The number of aryl methyl sites for hydroxylation is 1. The lowest BCUT2D eigenvalue weighted by molar-refractivity contribution is 0.120. The Labute approximate surface area is 161 Å². The molecule has 25 heavy (non-hydrogen) atoms. The van der Waals surface area contributed by atoms with Gasteiger partial charge in [-0.3, -0.25) is 0 Å². The molecule has 0 bridgehead atoms. The molecule has 1 saturated carbocycles. The van der Waals surface area contributed by atoms with E-state index in [1.807, 2.05) is 12.1 Å². The summed E-state index contributed by atoms with van der Waals surface area (Å²) in [6, 6.07) is 12.0. The van der Waals surface area contributed by atoms with E-state index in [1.54, 1.807) is 6.07 Å². The number of hydrogen-bond acceptors (Lipinski definition) is 4. The summed E-state index contributed by atoms with van der Waals surface area (Å²) in [5.74, 6) is 2.00. The molecular weight excluding hydrogens is 431 g/mol. The molecule has 0 aromatic heterocycles. The van der Waals surface area contributed by atoms with E-state index in [9.17, 15) is 4.79 Å². The molecule has 2 aromatic rings. The van der Waals surface area contributed by atoms with Gasteiger partial charge in [0, 0.05) is 9.13 Å². The summed E-state index contributed by atoms with van der Waals surface area (Å²) in [4.78, 5) is 11.5. The molecule has 0 unspecified atom stereocenters. The van der Waals surface area contributed by atoms with Crippen LogP contribution in [0.5, 0.6) is 11.5 Å². The van der Waals surface area contributed by atoms with Gasteiger partial charge in [-0.1, -0.05) is 25.1 Å². The van der Waals surface area contributed by atoms with E-state index < -0.39 is 6.16 Å². The second-order valence-electron chi connectivity index (χ2n) is 6.06. The second-order valence-corrected chi connectivity index (χ2v) is 7.22. The average molecular weight is 452 g/mol. The van der Waals surface area contributed by atoms with Crippen LogP contribution in [0.2, 0.25) is 0 Å². The fourth-order valence-corrected chi connectivity index (χ4v) is 3.35. The van der Waals surface area contributed by atoms with Crippen LogP contribution in [0.4, 0.5) is 4.79 Å². The third kappa shape index (κ3) is 4.45. The molecule has 0 atom stereocenters. The lowest BCUT2D eigenvalue weighted by Gasteiger charge is -2.15. The van der Waals surface area contributed by atoms with E-state index >= 15 is 0 Å². The highest BCUT2D eigenvalue weighted by molar-refractivity contribution is 14.1. The predicted molar refractivity (Wildman–Crippen MR) is 104 cm³/mol. The van der Waals surface area contributed by atoms with Crippen molar-refractivity contribution in [3.8, 4) is 11.5 Å². The molecule has 0 radical (unpaired) electrons. The summed E-state index contributed by atoms with van der Waals surface area (Å²) in [5, 5.41) is 0. The molecule has 2 aromatic carbocycles. The van der Waals surface area contributed by atoms with Crippen molar-refractivity contribution in [2.24, 2.45) is 0 Å². The first-order valence-corrected chi connectivity index (χ1v) is 9.49.